The average molecular weight is 354 g/mol. The summed E-state index contributed by atoms with van der Waals surface area (Å²) in [6, 6.07) is 16.0. The van der Waals surface area contributed by atoms with Gasteiger partial charge < -0.3 is 9.73 Å². The average Bonchev–Trinajstić information content (AvgIpc) is 3.39. The molecule has 26 heavy (non-hydrogen) atoms. The Morgan fingerprint density at radius 1 is 0.962 bits per heavy atom. The number of likely N-dealkylation sites (tertiary alicyclic amines) is 2. The van der Waals surface area contributed by atoms with E-state index in [-0.39, 0.29) is 0 Å². The van der Waals surface area contributed by atoms with Gasteiger partial charge in [0.25, 0.3) is 0 Å². The molecule has 0 radical (unpaired) electrons. The van der Waals surface area contributed by atoms with Crippen LogP contribution in [0, 0.1) is 0 Å². The number of piperidine rings is 1. The fraction of sp³-hybridized carbons (Fsp3) is 0.545. The number of furan rings is 1. The highest BCUT2D eigenvalue weighted by molar-refractivity contribution is 5.14. The van der Waals surface area contributed by atoms with E-state index < -0.39 is 0 Å². The smallest absolute Gasteiger partial charge is 0.122 e. The normalized spacial score (nSPS) is 21.2. The maximum atomic E-state index is 5.74. The van der Waals surface area contributed by atoms with Crippen LogP contribution < -0.4 is 5.32 Å². The van der Waals surface area contributed by atoms with E-state index >= 15 is 0 Å². The van der Waals surface area contributed by atoms with E-state index in [0.29, 0.717) is 12.1 Å². The molecule has 4 heteroatoms. The Kier molecular flexibility index (Phi) is 6.05. The second-order valence-corrected chi connectivity index (χ2v) is 7.72. The number of hydrogen-bond donors (Lipinski definition) is 1. The minimum atomic E-state index is 0.384. The Morgan fingerprint density at radius 3 is 2.42 bits per heavy atom. The SMILES string of the molecule is c1ccc(CN2CCC(NCC(c3ccco3)N3CCCC3)CC2)cc1. The van der Waals surface area contributed by atoms with Crippen LogP contribution in [0.25, 0.3) is 0 Å². The van der Waals surface area contributed by atoms with Gasteiger partial charge >= 0.3 is 0 Å². The summed E-state index contributed by atoms with van der Waals surface area (Å²) in [6.45, 7) is 6.84. The van der Waals surface area contributed by atoms with Gasteiger partial charge in [0.2, 0.25) is 0 Å². The van der Waals surface area contributed by atoms with Crippen LogP contribution in [0.2, 0.25) is 0 Å². The number of nitrogens with one attached hydrogen (secondary N) is 1. The van der Waals surface area contributed by atoms with E-state index in [9.17, 15) is 0 Å². The standard InChI is InChI=1S/C22H31N3O/c1-2-7-19(8-3-1)18-24-14-10-20(11-15-24)23-17-21(22-9-6-16-26-22)25-12-4-5-13-25/h1-3,6-9,16,20-21,23H,4-5,10-15,17-18H2. The molecule has 2 aliphatic rings. The monoisotopic (exact) mass is 353 g/mol. The van der Waals surface area contributed by atoms with Crippen molar-refractivity contribution in [2.75, 3.05) is 32.7 Å². The summed E-state index contributed by atoms with van der Waals surface area (Å²) in [5.74, 6) is 1.11. The molecule has 0 aliphatic carbocycles. The lowest BCUT2D eigenvalue weighted by Crippen LogP contribution is -2.45. The topological polar surface area (TPSA) is 31.6 Å². The first kappa shape index (κ1) is 17.8. The molecule has 0 saturated carbocycles. The predicted octanol–water partition coefficient (Wildman–Crippen LogP) is 3.67. The van der Waals surface area contributed by atoms with E-state index in [1.807, 2.05) is 6.07 Å². The zero-order valence-electron chi connectivity index (χ0n) is 15.6. The molecule has 2 aliphatic heterocycles. The van der Waals surface area contributed by atoms with Crippen LogP contribution in [0.1, 0.15) is 43.0 Å². The fourth-order valence-electron chi connectivity index (χ4n) is 4.36. The third-order valence-corrected chi connectivity index (χ3v) is 5.89. The molecular weight excluding hydrogens is 322 g/mol. The van der Waals surface area contributed by atoms with Gasteiger partial charge in [0.15, 0.2) is 0 Å². The number of rotatable bonds is 7. The quantitative estimate of drug-likeness (QED) is 0.823. The predicted molar refractivity (Wildman–Crippen MR) is 105 cm³/mol. The van der Waals surface area contributed by atoms with Crippen molar-refractivity contribution in [3.05, 3.63) is 60.1 Å². The zero-order chi connectivity index (χ0) is 17.6. The second-order valence-electron chi connectivity index (χ2n) is 7.72. The summed E-state index contributed by atoms with van der Waals surface area (Å²) >= 11 is 0. The van der Waals surface area contributed by atoms with Crippen LogP contribution in [-0.2, 0) is 6.54 Å². The van der Waals surface area contributed by atoms with Gasteiger partial charge in [0, 0.05) is 19.1 Å². The summed E-state index contributed by atoms with van der Waals surface area (Å²) in [7, 11) is 0. The molecule has 1 unspecified atom stereocenters. The molecule has 0 bridgehead atoms. The second kappa shape index (κ2) is 8.85. The van der Waals surface area contributed by atoms with Crippen molar-refractivity contribution < 1.29 is 4.42 Å². The van der Waals surface area contributed by atoms with E-state index in [2.05, 4.69) is 51.5 Å². The molecule has 0 amide bonds. The summed E-state index contributed by atoms with van der Waals surface area (Å²) in [6.07, 6.45) is 6.90. The van der Waals surface area contributed by atoms with Crippen molar-refractivity contribution in [2.45, 2.75) is 44.3 Å². The highest BCUT2D eigenvalue weighted by Crippen LogP contribution is 2.25. The van der Waals surface area contributed by atoms with Crippen molar-refractivity contribution in [1.82, 2.24) is 15.1 Å². The third-order valence-electron chi connectivity index (χ3n) is 5.89. The number of nitrogens with zero attached hydrogens (tertiary/aromatic N) is 2. The van der Waals surface area contributed by atoms with Gasteiger partial charge in [-0.2, -0.15) is 0 Å². The largest absolute Gasteiger partial charge is 0.468 e. The lowest BCUT2D eigenvalue weighted by Gasteiger charge is -2.34. The van der Waals surface area contributed by atoms with Crippen molar-refractivity contribution in [3.63, 3.8) is 0 Å². The molecule has 140 valence electrons. The van der Waals surface area contributed by atoms with E-state index in [0.717, 1.165) is 18.8 Å². The molecule has 2 fully saturated rings. The molecule has 1 N–H and O–H groups in total. The molecular formula is C22H31N3O. The Hall–Kier alpha value is -1.62. The molecule has 4 rings (SSSR count). The van der Waals surface area contributed by atoms with E-state index in [1.165, 1.54) is 57.4 Å². The molecule has 1 aromatic carbocycles. The van der Waals surface area contributed by atoms with Gasteiger partial charge in [0.05, 0.1) is 12.3 Å². The lowest BCUT2D eigenvalue weighted by molar-refractivity contribution is 0.169. The van der Waals surface area contributed by atoms with Gasteiger partial charge in [-0.05, 0) is 69.6 Å². The minimum Gasteiger partial charge on any atom is -0.468 e. The maximum absolute atomic E-state index is 5.74. The number of hydrogen-bond acceptors (Lipinski definition) is 4. The fourth-order valence-corrected chi connectivity index (χ4v) is 4.36. The van der Waals surface area contributed by atoms with E-state index in [4.69, 9.17) is 4.42 Å². The Bertz CT molecular complexity index is 629. The van der Waals surface area contributed by atoms with Crippen molar-refractivity contribution in [3.8, 4) is 0 Å². The van der Waals surface area contributed by atoms with Gasteiger partial charge in [-0.3, -0.25) is 9.80 Å². The third kappa shape index (κ3) is 4.56. The van der Waals surface area contributed by atoms with Crippen LogP contribution in [0.5, 0.6) is 0 Å². The molecule has 3 heterocycles. The number of benzene rings is 1. The summed E-state index contributed by atoms with van der Waals surface area (Å²) in [5, 5.41) is 3.84. The van der Waals surface area contributed by atoms with Gasteiger partial charge in [-0.25, -0.2) is 0 Å². The van der Waals surface area contributed by atoms with Gasteiger partial charge in [-0.15, -0.1) is 0 Å². The molecule has 2 aromatic rings. The van der Waals surface area contributed by atoms with E-state index in [1.54, 1.807) is 6.26 Å². The summed E-state index contributed by atoms with van der Waals surface area (Å²) in [5.41, 5.74) is 1.42. The van der Waals surface area contributed by atoms with Gasteiger partial charge in [0.1, 0.15) is 5.76 Å². The van der Waals surface area contributed by atoms with Crippen molar-refractivity contribution in [2.24, 2.45) is 0 Å². The first-order valence-corrected chi connectivity index (χ1v) is 10.2. The zero-order valence-corrected chi connectivity index (χ0v) is 15.6. The van der Waals surface area contributed by atoms with Crippen LogP contribution in [0.3, 0.4) is 0 Å². The van der Waals surface area contributed by atoms with Crippen molar-refractivity contribution >= 4 is 0 Å². The van der Waals surface area contributed by atoms with Crippen molar-refractivity contribution in [1.29, 1.82) is 0 Å². The molecule has 1 aromatic heterocycles. The first-order valence-electron chi connectivity index (χ1n) is 10.2. The lowest BCUT2D eigenvalue weighted by atomic mass is 10.0. The summed E-state index contributed by atoms with van der Waals surface area (Å²) in [4.78, 5) is 5.16. The minimum absolute atomic E-state index is 0.384. The highest BCUT2D eigenvalue weighted by Gasteiger charge is 2.27. The summed E-state index contributed by atoms with van der Waals surface area (Å²) < 4.78 is 5.74. The van der Waals surface area contributed by atoms with Crippen LogP contribution in [-0.4, -0.2) is 48.6 Å². The van der Waals surface area contributed by atoms with Gasteiger partial charge in [-0.1, -0.05) is 30.3 Å². The highest BCUT2D eigenvalue weighted by atomic mass is 16.3. The first-order chi connectivity index (χ1) is 12.9. The Balaban J connectivity index is 1.25. The molecule has 2 saturated heterocycles. The van der Waals surface area contributed by atoms with Crippen LogP contribution in [0.15, 0.2) is 53.1 Å². The van der Waals surface area contributed by atoms with Crippen LogP contribution >= 0.6 is 0 Å². The molecule has 4 nitrogen and oxygen atoms in total. The Labute approximate surface area is 157 Å². The molecule has 1 atom stereocenters. The maximum Gasteiger partial charge on any atom is 0.122 e. The van der Waals surface area contributed by atoms with Crippen LogP contribution in [0.4, 0.5) is 0 Å². The Morgan fingerprint density at radius 2 is 1.73 bits per heavy atom. The molecule has 0 spiro atoms.